The maximum Gasteiger partial charge on any atom is 0.321 e. The van der Waals surface area contributed by atoms with Gasteiger partial charge in [0.25, 0.3) is 0 Å². The smallest absolute Gasteiger partial charge is 0.321 e. The molecular weight excluding hydrogens is 258 g/mol. The van der Waals surface area contributed by atoms with E-state index in [1.807, 2.05) is 0 Å². The van der Waals surface area contributed by atoms with E-state index in [0.717, 1.165) is 38.9 Å². The van der Waals surface area contributed by atoms with Crippen molar-refractivity contribution in [1.29, 1.82) is 0 Å². The molecule has 0 spiro atoms. The van der Waals surface area contributed by atoms with Crippen molar-refractivity contribution in [3.05, 3.63) is 11.7 Å². The van der Waals surface area contributed by atoms with Gasteiger partial charge in [-0.15, -0.1) is 0 Å². The van der Waals surface area contributed by atoms with Crippen molar-refractivity contribution < 1.29 is 14.1 Å². The fourth-order valence-corrected chi connectivity index (χ4v) is 2.25. The number of hydrogen-bond acceptors (Lipinski definition) is 6. The van der Waals surface area contributed by atoms with Crippen molar-refractivity contribution in [2.75, 3.05) is 26.2 Å². The highest BCUT2D eigenvalue weighted by atomic mass is 16.5. The van der Waals surface area contributed by atoms with Crippen LogP contribution in [0.25, 0.3) is 0 Å². The van der Waals surface area contributed by atoms with Gasteiger partial charge < -0.3 is 14.2 Å². The second-order valence-electron chi connectivity index (χ2n) is 5.10. The van der Waals surface area contributed by atoms with Gasteiger partial charge in [-0.25, -0.2) is 0 Å². The van der Waals surface area contributed by atoms with E-state index in [0.29, 0.717) is 18.3 Å². The number of carbonyl (C=O) groups is 1. The number of likely N-dealkylation sites (N-methyl/N-ethyl adjacent to an activating group) is 1. The van der Waals surface area contributed by atoms with E-state index in [-0.39, 0.29) is 5.97 Å². The second kappa shape index (κ2) is 6.35. The molecule has 1 fully saturated rings. The molecule has 6 heteroatoms. The Morgan fingerprint density at radius 1 is 1.35 bits per heavy atom. The molecule has 1 heterocycles. The van der Waals surface area contributed by atoms with E-state index in [4.69, 9.17) is 9.26 Å². The Labute approximate surface area is 119 Å². The molecule has 0 unspecified atom stereocenters. The van der Waals surface area contributed by atoms with Gasteiger partial charge >= 0.3 is 5.97 Å². The Morgan fingerprint density at radius 2 is 2.05 bits per heavy atom. The first-order chi connectivity index (χ1) is 9.66. The molecule has 1 aromatic heterocycles. The molecule has 1 aromatic rings. The number of carbonyl (C=O) groups excluding carboxylic acids is 1. The third kappa shape index (κ3) is 3.00. The first-order valence-electron chi connectivity index (χ1n) is 7.39. The summed E-state index contributed by atoms with van der Waals surface area (Å²) in [5.41, 5.74) is -0.656. The molecule has 0 radical (unpaired) electrons. The number of nitrogens with zero attached hydrogens (tertiary/aromatic N) is 3. The third-order valence-electron chi connectivity index (χ3n) is 3.84. The minimum atomic E-state index is -0.656. The lowest BCUT2D eigenvalue weighted by Gasteiger charge is -2.16. The summed E-state index contributed by atoms with van der Waals surface area (Å²) in [5.74, 6) is 0.854. The van der Waals surface area contributed by atoms with Crippen LogP contribution in [0.2, 0.25) is 0 Å². The Morgan fingerprint density at radius 3 is 2.60 bits per heavy atom. The van der Waals surface area contributed by atoms with Gasteiger partial charge in [0.2, 0.25) is 5.89 Å². The van der Waals surface area contributed by atoms with Gasteiger partial charge in [0.15, 0.2) is 5.82 Å². The van der Waals surface area contributed by atoms with Gasteiger partial charge in [0.05, 0.1) is 6.61 Å². The lowest BCUT2D eigenvalue weighted by molar-refractivity contribution is -0.146. The summed E-state index contributed by atoms with van der Waals surface area (Å²) >= 11 is 0. The van der Waals surface area contributed by atoms with E-state index < -0.39 is 5.41 Å². The van der Waals surface area contributed by atoms with Gasteiger partial charge in [-0.05, 0) is 32.9 Å². The summed E-state index contributed by atoms with van der Waals surface area (Å²) in [7, 11) is 0. The minimum Gasteiger partial charge on any atom is -0.465 e. The van der Waals surface area contributed by atoms with Crippen LogP contribution < -0.4 is 0 Å². The predicted octanol–water partition coefficient (Wildman–Crippen LogP) is 1.55. The van der Waals surface area contributed by atoms with E-state index in [1.165, 1.54) is 0 Å². The minimum absolute atomic E-state index is 0.237. The highest BCUT2D eigenvalue weighted by molar-refractivity contribution is 5.85. The molecule has 6 nitrogen and oxygen atoms in total. The molecule has 1 aliphatic rings. The maximum absolute atomic E-state index is 11.9. The van der Waals surface area contributed by atoms with Crippen LogP contribution >= 0.6 is 0 Å². The Balaban J connectivity index is 1.97. The molecule has 0 N–H and O–H groups in total. The summed E-state index contributed by atoms with van der Waals surface area (Å²) in [6, 6.07) is 0. The standard InChI is InChI=1S/C14H23N3O3/c1-4-17(5-2)10-7-11-15-12(20-16-11)14(8-9-14)13(18)19-6-3/h4-10H2,1-3H3. The van der Waals surface area contributed by atoms with E-state index >= 15 is 0 Å². The van der Waals surface area contributed by atoms with Crippen LogP contribution in [0.15, 0.2) is 4.52 Å². The largest absolute Gasteiger partial charge is 0.465 e. The Kier molecular flexibility index (Phi) is 4.75. The average Bonchev–Trinajstić information content (AvgIpc) is 3.14. The zero-order chi connectivity index (χ0) is 14.6. The molecule has 2 rings (SSSR count). The number of aromatic nitrogens is 2. The SMILES string of the molecule is CCOC(=O)C1(c2nc(CCN(CC)CC)no2)CC1. The zero-order valence-electron chi connectivity index (χ0n) is 12.5. The van der Waals surface area contributed by atoms with Crippen molar-refractivity contribution in [3.63, 3.8) is 0 Å². The summed E-state index contributed by atoms with van der Waals surface area (Å²) in [5, 5.41) is 3.98. The molecule has 0 amide bonds. The van der Waals surface area contributed by atoms with Crippen LogP contribution in [-0.2, 0) is 21.4 Å². The molecule has 1 saturated carbocycles. The van der Waals surface area contributed by atoms with Crippen molar-refractivity contribution in [3.8, 4) is 0 Å². The van der Waals surface area contributed by atoms with Crippen LogP contribution in [0.4, 0.5) is 0 Å². The van der Waals surface area contributed by atoms with Crippen LogP contribution in [0, 0.1) is 0 Å². The van der Waals surface area contributed by atoms with E-state index in [1.54, 1.807) is 6.92 Å². The molecule has 112 valence electrons. The van der Waals surface area contributed by atoms with Gasteiger partial charge in [-0.2, -0.15) is 4.98 Å². The van der Waals surface area contributed by atoms with Gasteiger partial charge in [0.1, 0.15) is 5.41 Å². The summed E-state index contributed by atoms with van der Waals surface area (Å²) < 4.78 is 10.4. The molecule has 0 bridgehead atoms. The maximum atomic E-state index is 11.9. The van der Waals surface area contributed by atoms with Crippen LogP contribution in [-0.4, -0.2) is 47.3 Å². The fourth-order valence-electron chi connectivity index (χ4n) is 2.25. The first-order valence-corrected chi connectivity index (χ1v) is 7.39. The van der Waals surface area contributed by atoms with Crippen molar-refractivity contribution >= 4 is 5.97 Å². The normalized spacial score (nSPS) is 16.4. The van der Waals surface area contributed by atoms with Crippen LogP contribution in [0.1, 0.15) is 45.3 Å². The number of esters is 1. The fraction of sp³-hybridized carbons (Fsp3) is 0.786. The van der Waals surface area contributed by atoms with Crippen molar-refractivity contribution in [2.45, 2.75) is 45.4 Å². The quantitative estimate of drug-likeness (QED) is 0.673. The summed E-state index contributed by atoms with van der Waals surface area (Å²) in [6.45, 7) is 9.36. The number of hydrogen-bond donors (Lipinski definition) is 0. The lowest BCUT2D eigenvalue weighted by atomic mass is 10.1. The van der Waals surface area contributed by atoms with Crippen molar-refractivity contribution in [2.24, 2.45) is 0 Å². The molecule has 0 aliphatic heterocycles. The van der Waals surface area contributed by atoms with Crippen molar-refractivity contribution in [1.82, 2.24) is 15.0 Å². The summed E-state index contributed by atoms with van der Waals surface area (Å²) in [6.07, 6.45) is 2.22. The lowest BCUT2D eigenvalue weighted by Crippen LogP contribution is -2.26. The Hall–Kier alpha value is -1.43. The molecule has 0 atom stereocenters. The Bertz CT molecular complexity index is 450. The molecule has 0 aromatic carbocycles. The van der Waals surface area contributed by atoms with Gasteiger partial charge in [-0.1, -0.05) is 19.0 Å². The van der Waals surface area contributed by atoms with Gasteiger partial charge in [-0.3, -0.25) is 4.79 Å². The van der Waals surface area contributed by atoms with Crippen LogP contribution in [0.5, 0.6) is 0 Å². The van der Waals surface area contributed by atoms with E-state index in [9.17, 15) is 4.79 Å². The molecule has 1 aliphatic carbocycles. The topological polar surface area (TPSA) is 68.5 Å². The van der Waals surface area contributed by atoms with E-state index in [2.05, 4.69) is 28.9 Å². The second-order valence-corrected chi connectivity index (χ2v) is 5.10. The highest BCUT2D eigenvalue weighted by Crippen LogP contribution is 2.48. The highest BCUT2D eigenvalue weighted by Gasteiger charge is 2.57. The zero-order valence-corrected chi connectivity index (χ0v) is 12.5. The number of ether oxygens (including phenoxy) is 1. The first kappa shape index (κ1) is 15.0. The number of rotatable bonds is 8. The molecular formula is C14H23N3O3. The van der Waals surface area contributed by atoms with Crippen LogP contribution in [0.3, 0.4) is 0 Å². The monoisotopic (exact) mass is 281 g/mol. The average molecular weight is 281 g/mol. The molecule has 20 heavy (non-hydrogen) atoms. The predicted molar refractivity (Wildman–Crippen MR) is 73.3 cm³/mol. The third-order valence-corrected chi connectivity index (χ3v) is 3.84. The van der Waals surface area contributed by atoms with Gasteiger partial charge in [0, 0.05) is 13.0 Å². The molecule has 0 saturated heterocycles. The summed E-state index contributed by atoms with van der Waals surface area (Å²) in [4.78, 5) is 18.6.